The normalized spacial score (nSPS) is 11.4. The summed E-state index contributed by atoms with van der Waals surface area (Å²) < 4.78 is 10.7. The molecule has 0 aliphatic heterocycles. The first-order valence-electron chi connectivity index (χ1n) is 6.36. The Morgan fingerprint density at radius 3 is 2.86 bits per heavy atom. The summed E-state index contributed by atoms with van der Waals surface area (Å²) in [5.74, 6) is 0.484. The van der Waals surface area contributed by atoms with Gasteiger partial charge in [-0.1, -0.05) is 11.6 Å². The van der Waals surface area contributed by atoms with Gasteiger partial charge >= 0.3 is 0 Å². The SMILES string of the molecule is COc1cc(Cl)cc(CC(C)N)c1OCC(=O)NCC#N. The largest absolute Gasteiger partial charge is 0.493 e. The van der Waals surface area contributed by atoms with Gasteiger partial charge in [0.25, 0.3) is 5.91 Å². The third-order valence-electron chi connectivity index (χ3n) is 2.57. The summed E-state index contributed by atoms with van der Waals surface area (Å²) in [6.07, 6.45) is 0.534. The van der Waals surface area contributed by atoms with Crippen LogP contribution in [0.3, 0.4) is 0 Å². The molecule has 0 aliphatic carbocycles. The van der Waals surface area contributed by atoms with Gasteiger partial charge in [-0.25, -0.2) is 0 Å². The summed E-state index contributed by atoms with van der Waals surface area (Å²) in [5.41, 5.74) is 6.57. The first-order valence-corrected chi connectivity index (χ1v) is 6.74. The monoisotopic (exact) mass is 311 g/mol. The fourth-order valence-electron chi connectivity index (χ4n) is 1.76. The van der Waals surface area contributed by atoms with E-state index in [9.17, 15) is 4.79 Å². The van der Waals surface area contributed by atoms with Crippen LogP contribution in [-0.4, -0.2) is 32.2 Å². The van der Waals surface area contributed by atoms with E-state index in [0.717, 1.165) is 5.56 Å². The highest BCUT2D eigenvalue weighted by atomic mass is 35.5. The van der Waals surface area contributed by atoms with Gasteiger partial charge in [-0.05, 0) is 19.4 Å². The molecule has 1 aromatic carbocycles. The zero-order valence-electron chi connectivity index (χ0n) is 12.0. The lowest BCUT2D eigenvalue weighted by Crippen LogP contribution is -2.29. The van der Waals surface area contributed by atoms with Gasteiger partial charge in [-0.15, -0.1) is 0 Å². The van der Waals surface area contributed by atoms with Gasteiger partial charge in [0, 0.05) is 22.7 Å². The Kier molecular flexibility index (Phi) is 6.79. The number of nitrogens with two attached hydrogens (primary N) is 1. The molecule has 0 saturated carbocycles. The van der Waals surface area contributed by atoms with Crippen molar-refractivity contribution in [3.8, 4) is 17.6 Å². The molecule has 1 unspecified atom stereocenters. The first kappa shape index (κ1) is 17.1. The summed E-state index contributed by atoms with van der Waals surface area (Å²) in [5, 5.41) is 11.3. The number of nitriles is 1. The third-order valence-corrected chi connectivity index (χ3v) is 2.79. The molecule has 0 radical (unpaired) electrons. The van der Waals surface area contributed by atoms with Crippen molar-refractivity contribution < 1.29 is 14.3 Å². The first-order chi connectivity index (χ1) is 9.97. The molecule has 1 amide bonds. The maximum Gasteiger partial charge on any atom is 0.258 e. The summed E-state index contributed by atoms with van der Waals surface area (Å²) in [6.45, 7) is 1.58. The molecule has 21 heavy (non-hydrogen) atoms. The average molecular weight is 312 g/mol. The number of hydrogen-bond donors (Lipinski definition) is 2. The van der Waals surface area contributed by atoms with Crippen molar-refractivity contribution in [3.05, 3.63) is 22.7 Å². The molecule has 3 N–H and O–H groups in total. The van der Waals surface area contributed by atoms with Crippen LogP contribution in [0, 0.1) is 11.3 Å². The Hall–Kier alpha value is -1.97. The predicted molar refractivity (Wildman–Crippen MR) is 79.5 cm³/mol. The van der Waals surface area contributed by atoms with Gasteiger partial charge in [-0.3, -0.25) is 4.79 Å². The lowest BCUT2D eigenvalue weighted by atomic mass is 10.1. The lowest BCUT2D eigenvalue weighted by Gasteiger charge is -2.16. The topological polar surface area (TPSA) is 97.4 Å². The van der Waals surface area contributed by atoms with Gasteiger partial charge in [0.05, 0.1) is 13.2 Å². The predicted octanol–water partition coefficient (Wildman–Crippen LogP) is 1.26. The molecule has 1 rings (SSSR count). The van der Waals surface area contributed by atoms with Gasteiger partial charge in [0.15, 0.2) is 18.1 Å². The van der Waals surface area contributed by atoms with E-state index in [1.54, 1.807) is 12.1 Å². The van der Waals surface area contributed by atoms with E-state index >= 15 is 0 Å². The number of benzene rings is 1. The van der Waals surface area contributed by atoms with Crippen LogP contribution in [0.1, 0.15) is 12.5 Å². The standard InChI is InChI=1S/C14H18ClN3O3/c1-9(17)5-10-6-11(15)7-12(20-2)14(10)21-8-13(19)18-4-3-16/h6-7,9H,4-5,8,17H2,1-2H3,(H,18,19). The zero-order valence-corrected chi connectivity index (χ0v) is 12.7. The number of hydrogen-bond acceptors (Lipinski definition) is 5. The van der Waals surface area contributed by atoms with Gasteiger partial charge in [0.1, 0.15) is 6.54 Å². The number of carbonyl (C=O) groups is 1. The maximum absolute atomic E-state index is 11.5. The number of nitrogens with zero attached hydrogens (tertiary/aromatic N) is 1. The zero-order chi connectivity index (χ0) is 15.8. The number of rotatable bonds is 7. The minimum absolute atomic E-state index is 0.0629. The van der Waals surface area contributed by atoms with Crippen LogP contribution in [0.25, 0.3) is 0 Å². The maximum atomic E-state index is 11.5. The fourth-order valence-corrected chi connectivity index (χ4v) is 1.99. The fraction of sp³-hybridized carbons (Fsp3) is 0.429. The van der Waals surface area contributed by atoms with Crippen molar-refractivity contribution in [2.45, 2.75) is 19.4 Å². The second-order valence-corrected chi connectivity index (χ2v) is 4.94. The van der Waals surface area contributed by atoms with E-state index in [0.29, 0.717) is 22.9 Å². The Morgan fingerprint density at radius 1 is 1.57 bits per heavy atom. The van der Waals surface area contributed by atoms with Crippen molar-refractivity contribution in [1.29, 1.82) is 5.26 Å². The highest BCUT2D eigenvalue weighted by Crippen LogP contribution is 2.35. The Labute approximate surface area is 128 Å². The molecule has 0 saturated heterocycles. The Bertz CT molecular complexity index is 541. The molecule has 7 heteroatoms. The molecule has 0 bridgehead atoms. The van der Waals surface area contributed by atoms with E-state index in [2.05, 4.69) is 5.32 Å². The summed E-state index contributed by atoms with van der Waals surface area (Å²) in [7, 11) is 1.49. The van der Waals surface area contributed by atoms with Crippen molar-refractivity contribution in [2.24, 2.45) is 5.73 Å². The van der Waals surface area contributed by atoms with Crippen LogP contribution in [-0.2, 0) is 11.2 Å². The summed E-state index contributed by atoms with van der Waals surface area (Å²) in [4.78, 5) is 11.5. The van der Waals surface area contributed by atoms with Crippen molar-refractivity contribution >= 4 is 17.5 Å². The van der Waals surface area contributed by atoms with Gasteiger partial charge in [0.2, 0.25) is 0 Å². The van der Waals surface area contributed by atoms with Crippen molar-refractivity contribution in [1.82, 2.24) is 5.32 Å². The van der Waals surface area contributed by atoms with E-state index in [1.807, 2.05) is 13.0 Å². The smallest absolute Gasteiger partial charge is 0.258 e. The molecule has 0 fully saturated rings. The van der Waals surface area contributed by atoms with Crippen LogP contribution >= 0.6 is 11.6 Å². The van der Waals surface area contributed by atoms with Gasteiger partial charge < -0.3 is 20.5 Å². The van der Waals surface area contributed by atoms with Crippen molar-refractivity contribution in [2.75, 3.05) is 20.3 Å². The molecular weight excluding hydrogens is 294 g/mol. The molecule has 114 valence electrons. The summed E-state index contributed by atoms with van der Waals surface area (Å²) >= 11 is 6.02. The highest BCUT2D eigenvalue weighted by Gasteiger charge is 2.15. The van der Waals surface area contributed by atoms with E-state index in [4.69, 9.17) is 32.1 Å². The summed E-state index contributed by atoms with van der Waals surface area (Å²) in [6, 6.07) is 5.06. The molecule has 0 heterocycles. The minimum Gasteiger partial charge on any atom is -0.493 e. The number of carbonyl (C=O) groups excluding carboxylic acids is 1. The molecule has 0 aliphatic rings. The number of ether oxygens (including phenoxy) is 2. The second-order valence-electron chi connectivity index (χ2n) is 4.50. The Morgan fingerprint density at radius 2 is 2.29 bits per heavy atom. The molecule has 0 aromatic heterocycles. The molecule has 6 nitrogen and oxygen atoms in total. The van der Waals surface area contributed by atoms with Crippen molar-refractivity contribution in [3.63, 3.8) is 0 Å². The number of halogens is 1. The van der Waals surface area contributed by atoms with Crippen LogP contribution in [0.5, 0.6) is 11.5 Å². The lowest BCUT2D eigenvalue weighted by molar-refractivity contribution is -0.122. The van der Waals surface area contributed by atoms with Gasteiger partial charge in [-0.2, -0.15) is 5.26 Å². The molecule has 0 spiro atoms. The minimum atomic E-state index is -0.389. The van der Waals surface area contributed by atoms with E-state index < -0.39 is 0 Å². The number of methoxy groups -OCH3 is 1. The molecule has 1 aromatic rings. The second kappa shape index (κ2) is 8.35. The van der Waals surface area contributed by atoms with E-state index in [1.165, 1.54) is 7.11 Å². The van der Waals surface area contributed by atoms with E-state index in [-0.39, 0.29) is 25.1 Å². The number of nitrogens with one attached hydrogen (secondary N) is 1. The van der Waals surface area contributed by atoms with Crippen LogP contribution in [0.2, 0.25) is 5.02 Å². The highest BCUT2D eigenvalue weighted by molar-refractivity contribution is 6.30. The molecule has 1 atom stereocenters. The third kappa shape index (κ3) is 5.50. The van der Waals surface area contributed by atoms with Crippen LogP contribution in [0.15, 0.2) is 12.1 Å². The Balaban J connectivity index is 2.92. The quantitative estimate of drug-likeness (QED) is 0.739. The van der Waals surface area contributed by atoms with Crippen LogP contribution < -0.4 is 20.5 Å². The number of amides is 1. The van der Waals surface area contributed by atoms with Crippen LogP contribution in [0.4, 0.5) is 0 Å². The molecular formula is C14H18ClN3O3. The average Bonchev–Trinajstić information content (AvgIpc) is 2.42.